The monoisotopic (exact) mass is 269 g/mol. The second-order valence-corrected chi connectivity index (χ2v) is 5.77. The number of fused-ring (bicyclic) bond motifs is 1. The van der Waals surface area contributed by atoms with E-state index in [-0.39, 0.29) is 0 Å². The van der Waals surface area contributed by atoms with E-state index in [9.17, 15) is 0 Å². The molecule has 20 heavy (non-hydrogen) atoms. The molecule has 3 heteroatoms. The molecule has 0 unspecified atom stereocenters. The molecule has 0 saturated heterocycles. The first-order valence-electron chi connectivity index (χ1n) is 7.11. The van der Waals surface area contributed by atoms with Gasteiger partial charge >= 0.3 is 0 Å². The van der Waals surface area contributed by atoms with E-state index in [4.69, 9.17) is 9.97 Å². The molecule has 2 rings (SSSR count). The molecule has 1 aromatic carbocycles. The first kappa shape index (κ1) is 14.5. The minimum atomic E-state index is 0.667. The summed E-state index contributed by atoms with van der Waals surface area (Å²) in [4.78, 5) is 11.5. The zero-order valence-electron chi connectivity index (χ0n) is 12.8. The summed E-state index contributed by atoms with van der Waals surface area (Å²) in [5.41, 5.74) is 2.10. The standard InChI is InChI=1S/C17H23N3/c1-6-13-8-9-15-14(11-13)17(20(4)5)19-16(18-15)10-7-12(2)3/h6,8-9,11-12H,1,7,10H2,2-5H3. The van der Waals surface area contributed by atoms with E-state index in [1.807, 2.05) is 26.2 Å². The molecule has 106 valence electrons. The Morgan fingerprint density at radius 3 is 2.60 bits per heavy atom. The van der Waals surface area contributed by atoms with Gasteiger partial charge in [0.05, 0.1) is 5.52 Å². The van der Waals surface area contributed by atoms with Crippen LogP contribution in [-0.4, -0.2) is 24.1 Å². The summed E-state index contributed by atoms with van der Waals surface area (Å²) in [6, 6.07) is 6.21. The zero-order chi connectivity index (χ0) is 14.7. The minimum absolute atomic E-state index is 0.667. The lowest BCUT2D eigenvalue weighted by molar-refractivity contribution is 0.575. The van der Waals surface area contributed by atoms with Crippen molar-refractivity contribution in [3.05, 3.63) is 36.2 Å². The number of hydrogen-bond donors (Lipinski definition) is 0. The third-order valence-electron chi connectivity index (χ3n) is 3.35. The van der Waals surface area contributed by atoms with E-state index in [1.54, 1.807) is 0 Å². The molecule has 0 amide bonds. The van der Waals surface area contributed by atoms with Crippen LogP contribution in [0, 0.1) is 5.92 Å². The molecule has 1 heterocycles. The molecule has 1 aromatic heterocycles. The van der Waals surface area contributed by atoms with Crippen molar-refractivity contribution in [1.82, 2.24) is 9.97 Å². The Morgan fingerprint density at radius 2 is 2.00 bits per heavy atom. The van der Waals surface area contributed by atoms with Crippen LogP contribution in [0.15, 0.2) is 24.8 Å². The molecule has 0 N–H and O–H groups in total. The Hall–Kier alpha value is -1.90. The van der Waals surface area contributed by atoms with Crippen LogP contribution in [0.4, 0.5) is 5.82 Å². The molecule has 3 nitrogen and oxygen atoms in total. The van der Waals surface area contributed by atoms with Gasteiger partial charge in [0.2, 0.25) is 0 Å². The molecule has 0 aliphatic heterocycles. The smallest absolute Gasteiger partial charge is 0.139 e. The SMILES string of the molecule is C=Cc1ccc2nc(CCC(C)C)nc(N(C)C)c2c1. The molecule has 0 atom stereocenters. The highest BCUT2D eigenvalue weighted by Gasteiger charge is 2.10. The summed E-state index contributed by atoms with van der Waals surface area (Å²) in [6.07, 6.45) is 3.90. The van der Waals surface area contributed by atoms with E-state index in [0.717, 1.165) is 41.0 Å². The van der Waals surface area contributed by atoms with Crippen molar-refractivity contribution in [3.8, 4) is 0 Å². The summed E-state index contributed by atoms with van der Waals surface area (Å²) in [5.74, 6) is 2.58. The van der Waals surface area contributed by atoms with Crippen LogP contribution >= 0.6 is 0 Å². The minimum Gasteiger partial charge on any atom is -0.362 e. The topological polar surface area (TPSA) is 29.0 Å². The molecule has 0 radical (unpaired) electrons. The largest absolute Gasteiger partial charge is 0.362 e. The lowest BCUT2D eigenvalue weighted by atomic mass is 10.1. The summed E-state index contributed by atoms with van der Waals surface area (Å²) >= 11 is 0. The van der Waals surface area contributed by atoms with Gasteiger partial charge in [-0.2, -0.15) is 0 Å². The van der Waals surface area contributed by atoms with Crippen molar-refractivity contribution >= 4 is 22.8 Å². The van der Waals surface area contributed by atoms with Crippen molar-refractivity contribution in [3.63, 3.8) is 0 Å². The summed E-state index contributed by atoms with van der Waals surface area (Å²) in [5, 5.41) is 1.08. The number of aromatic nitrogens is 2. The van der Waals surface area contributed by atoms with Crippen molar-refractivity contribution in [2.24, 2.45) is 5.92 Å². The maximum absolute atomic E-state index is 4.73. The second kappa shape index (κ2) is 6.04. The van der Waals surface area contributed by atoms with Crippen molar-refractivity contribution in [1.29, 1.82) is 0 Å². The molecule has 0 bridgehead atoms. The van der Waals surface area contributed by atoms with Gasteiger partial charge in [-0.3, -0.25) is 0 Å². The maximum Gasteiger partial charge on any atom is 0.139 e. The third-order valence-corrected chi connectivity index (χ3v) is 3.35. The second-order valence-electron chi connectivity index (χ2n) is 5.77. The third kappa shape index (κ3) is 3.16. The quantitative estimate of drug-likeness (QED) is 0.823. The molecule has 0 spiro atoms. The van der Waals surface area contributed by atoms with E-state index in [0.29, 0.717) is 5.92 Å². The number of benzene rings is 1. The van der Waals surface area contributed by atoms with Gasteiger partial charge < -0.3 is 4.90 Å². The van der Waals surface area contributed by atoms with Crippen LogP contribution in [0.25, 0.3) is 17.0 Å². The molecule has 0 saturated carbocycles. The Morgan fingerprint density at radius 1 is 1.25 bits per heavy atom. The number of rotatable bonds is 5. The van der Waals surface area contributed by atoms with Crippen LogP contribution in [0.1, 0.15) is 31.7 Å². The first-order chi connectivity index (χ1) is 9.51. The van der Waals surface area contributed by atoms with Gasteiger partial charge in [-0.1, -0.05) is 32.6 Å². The normalized spacial score (nSPS) is 11.1. The molecular formula is C17H23N3. The predicted octanol–water partition coefficient (Wildman–Crippen LogP) is 3.93. The van der Waals surface area contributed by atoms with Gasteiger partial charge in [0.15, 0.2) is 0 Å². The highest BCUT2D eigenvalue weighted by molar-refractivity contribution is 5.91. The van der Waals surface area contributed by atoms with Crippen LogP contribution in [-0.2, 0) is 6.42 Å². The molecular weight excluding hydrogens is 246 g/mol. The fraction of sp³-hybridized carbons (Fsp3) is 0.412. The summed E-state index contributed by atoms with van der Waals surface area (Å²) < 4.78 is 0. The average molecular weight is 269 g/mol. The molecule has 0 aliphatic rings. The fourth-order valence-electron chi connectivity index (χ4n) is 2.17. The van der Waals surface area contributed by atoms with E-state index in [1.165, 1.54) is 0 Å². The number of nitrogens with zero attached hydrogens (tertiary/aromatic N) is 3. The van der Waals surface area contributed by atoms with Crippen molar-refractivity contribution in [2.75, 3.05) is 19.0 Å². The van der Waals surface area contributed by atoms with Gasteiger partial charge in [0.1, 0.15) is 11.6 Å². The highest BCUT2D eigenvalue weighted by atomic mass is 15.1. The van der Waals surface area contributed by atoms with Gasteiger partial charge in [-0.05, 0) is 30.0 Å². The summed E-state index contributed by atoms with van der Waals surface area (Å²) in [6.45, 7) is 8.28. The summed E-state index contributed by atoms with van der Waals surface area (Å²) in [7, 11) is 4.04. The fourth-order valence-corrected chi connectivity index (χ4v) is 2.17. The number of anilines is 1. The average Bonchev–Trinajstić information content (AvgIpc) is 2.43. The number of hydrogen-bond acceptors (Lipinski definition) is 3. The predicted molar refractivity (Wildman–Crippen MR) is 87.1 cm³/mol. The lowest BCUT2D eigenvalue weighted by Gasteiger charge is -2.16. The Bertz CT molecular complexity index is 615. The van der Waals surface area contributed by atoms with E-state index < -0.39 is 0 Å². The number of aryl methyl sites for hydroxylation is 1. The van der Waals surface area contributed by atoms with E-state index >= 15 is 0 Å². The lowest BCUT2D eigenvalue weighted by Crippen LogP contribution is -2.13. The molecule has 0 fully saturated rings. The van der Waals surface area contributed by atoms with Gasteiger partial charge in [-0.25, -0.2) is 9.97 Å². The zero-order valence-corrected chi connectivity index (χ0v) is 12.8. The maximum atomic E-state index is 4.73. The van der Waals surface area contributed by atoms with Crippen molar-refractivity contribution in [2.45, 2.75) is 26.7 Å². The first-order valence-corrected chi connectivity index (χ1v) is 7.11. The van der Waals surface area contributed by atoms with Crippen molar-refractivity contribution < 1.29 is 0 Å². The van der Waals surface area contributed by atoms with Gasteiger partial charge in [-0.15, -0.1) is 0 Å². The Balaban J connectivity index is 2.51. The van der Waals surface area contributed by atoms with Gasteiger partial charge in [0, 0.05) is 25.9 Å². The molecule has 0 aliphatic carbocycles. The Labute approximate surface area is 121 Å². The Kier molecular flexibility index (Phi) is 4.38. The van der Waals surface area contributed by atoms with Crippen LogP contribution < -0.4 is 4.90 Å². The highest BCUT2D eigenvalue weighted by Crippen LogP contribution is 2.24. The van der Waals surface area contributed by atoms with Crippen LogP contribution in [0.5, 0.6) is 0 Å². The van der Waals surface area contributed by atoms with Gasteiger partial charge in [0.25, 0.3) is 0 Å². The van der Waals surface area contributed by atoms with E-state index in [2.05, 4.69) is 37.5 Å². The van der Waals surface area contributed by atoms with Crippen LogP contribution in [0.2, 0.25) is 0 Å². The van der Waals surface area contributed by atoms with Crippen LogP contribution in [0.3, 0.4) is 0 Å². The molecule has 2 aromatic rings.